The van der Waals surface area contributed by atoms with Crippen LogP contribution >= 0.6 is 27.7 Å². The molecule has 0 radical (unpaired) electrons. The molecule has 0 aliphatic carbocycles. The first kappa shape index (κ1) is 15.9. The largest absolute Gasteiger partial charge is 0.375 e. The molecule has 0 aliphatic heterocycles. The monoisotopic (exact) mass is 366 g/mol. The number of nitrogens with zero attached hydrogens (tertiary/aromatic N) is 2. The molecule has 110 valence electrons. The molecule has 0 unspecified atom stereocenters. The van der Waals surface area contributed by atoms with Crippen LogP contribution in [0.3, 0.4) is 0 Å². The van der Waals surface area contributed by atoms with E-state index >= 15 is 0 Å². The van der Waals surface area contributed by atoms with Crippen molar-refractivity contribution in [3.8, 4) is 0 Å². The third-order valence-electron chi connectivity index (χ3n) is 3.05. The highest BCUT2D eigenvalue weighted by atomic mass is 79.9. The van der Waals surface area contributed by atoms with Crippen molar-refractivity contribution in [3.63, 3.8) is 0 Å². The smallest absolute Gasteiger partial charge is 0.269 e. The Kier molecular flexibility index (Phi) is 5.25. The van der Waals surface area contributed by atoms with Gasteiger partial charge in [0.15, 0.2) is 0 Å². The van der Waals surface area contributed by atoms with Crippen molar-refractivity contribution < 1.29 is 4.92 Å². The number of benzene rings is 2. The molecule has 0 aromatic heterocycles. The molecule has 0 amide bonds. The first-order valence-electron chi connectivity index (χ1n) is 6.43. The number of rotatable bonds is 5. The molecule has 2 rings (SSSR count). The lowest BCUT2D eigenvalue weighted by molar-refractivity contribution is -0.384. The van der Waals surface area contributed by atoms with Crippen LogP contribution in [0.1, 0.15) is 6.92 Å². The van der Waals surface area contributed by atoms with Crippen LogP contribution in [0.2, 0.25) is 0 Å². The average molecular weight is 367 g/mol. The molecule has 0 saturated heterocycles. The molecule has 0 spiro atoms. The fourth-order valence-electron chi connectivity index (χ4n) is 1.78. The van der Waals surface area contributed by atoms with Crippen LogP contribution in [-0.2, 0) is 0 Å². The van der Waals surface area contributed by atoms with Gasteiger partial charge >= 0.3 is 0 Å². The summed E-state index contributed by atoms with van der Waals surface area (Å²) in [5.74, 6) is 0. The van der Waals surface area contributed by atoms with Crippen LogP contribution in [0.15, 0.2) is 56.7 Å². The molecule has 0 heterocycles. The Morgan fingerprint density at radius 1 is 1.19 bits per heavy atom. The van der Waals surface area contributed by atoms with Crippen molar-refractivity contribution in [1.82, 2.24) is 0 Å². The minimum absolute atomic E-state index is 0.111. The Morgan fingerprint density at radius 3 is 2.43 bits per heavy atom. The summed E-state index contributed by atoms with van der Waals surface area (Å²) in [5.41, 5.74) is 1.25. The summed E-state index contributed by atoms with van der Waals surface area (Å²) in [6.45, 7) is 3.03. The Labute approximate surface area is 136 Å². The predicted molar refractivity (Wildman–Crippen MR) is 90.3 cm³/mol. The maximum Gasteiger partial charge on any atom is 0.269 e. The van der Waals surface area contributed by atoms with E-state index in [4.69, 9.17) is 0 Å². The third kappa shape index (κ3) is 4.22. The molecule has 0 N–H and O–H groups in total. The number of anilines is 1. The fraction of sp³-hybridized carbons (Fsp3) is 0.200. The number of hydrogen-bond donors (Lipinski definition) is 0. The molecule has 6 heteroatoms. The van der Waals surface area contributed by atoms with Gasteiger partial charge in [-0.25, -0.2) is 0 Å². The van der Waals surface area contributed by atoms with Crippen molar-refractivity contribution in [3.05, 3.63) is 57.1 Å². The number of nitro groups is 1. The van der Waals surface area contributed by atoms with E-state index in [1.165, 1.54) is 12.1 Å². The summed E-state index contributed by atoms with van der Waals surface area (Å²) in [4.78, 5) is 14.5. The van der Waals surface area contributed by atoms with E-state index in [9.17, 15) is 10.1 Å². The zero-order chi connectivity index (χ0) is 15.4. The van der Waals surface area contributed by atoms with E-state index in [1.54, 1.807) is 23.9 Å². The number of hydrogen-bond acceptors (Lipinski definition) is 4. The lowest BCUT2D eigenvalue weighted by Gasteiger charge is -2.18. The van der Waals surface area contributed by atoms with Gasteiger partial charge in [0, 0.05) is 45.7 Å². The average Bonchev–Trinajstić information content (AvgIpc) is 2.46. The van der Waals surface area contributed by atoms with Gasteiger partial charge in [0.2, 0.25) is 0 Å². The molecule has 0 saturated carbocycles. The van der Waals surface area contributed by atoms with Gasteiger partial charge in [-0.2, -0.15) is 0 Å². The molecular formula is C15H15BrN2O2S. The van der Waals surface area contributed by atoms with Gasteiger partial charge < -0.3 is 4.90 Å². The maximum atomic E-state index is 10.7. The van der Waals surface area contributed by atoms with Crippen LogP contribution in [0.25, 0.3) is 0 Å². The minimum Gasteiger partial charge on any atom is -0.375 e. The van der Waals surface area contributed by atoms with Crippen molar-refractivity contribution in [2.24, 2.45) is 0 Å². The molecule has 0 bridgehead atoms. The van der Waals surface area contributed by atoms with Crippen LogP contribution < -0.4 is 4.90 Å². The summed E-state index contributed by atoms with van der Waals surface area (Å²) in [6.07, 6.45) is 0. The molecule has 0 fully saturated rings. The zero-order valence-corrected chi connectivity index (χ0v) is 14.1. The SMILES string of the molecule is CCN(C)c1cc(Br)cc(Sc2ccc([N+](=O)[O-])cc2)c1. The molecule has 4 nitrogen and oxygen atoms in total. The molecule has 0 atom stereocenters. The Bertz CT molecular complexity index is 647. The Balaban J connectivity index is 2.22. The zero-order valence-electron chi connectivity index (χ0n) is 11.7. The van der Waals surface area contributed by atoms with Crippen LogP contribution in [0, 0.1) is 10.1 Å². The lowest BCUT2D eigenvalue weighted by Crippen LogP contribution is -2.15. The third-order valence-corrected chi connectivity index (χ3v) is 4.49. The summed E-state index contributed by atoms with van der Waals surface area (Å²) >= 11 is 5.11. The Morgan fingerprint density at radius 2 is 1.86 bits per heavy atom. The van der Waals surface area contributed by atoms with Gasteiger partial charge in [-0.3, -0.25) is 10.1 Å². The maximum absolute atomic E-state index is 10.7. The number of halogens is 1. The summed E-state index contributed by atoms with van der Waals surface area (Å²) in [6, 6.07) is 12.8. The van der Waals surface area contributed by atoms with Gasteiger partial charge in [-0.15, -0.1) is 0 Å². The van der Waals surface area contributed by atoms with Crippen LogP contribution in [0.5, 0.6) is 0 Å². The molecule has 0 aliphatic rings. The minimum atomic E-state index is -0.387. The van der Waals surface area contributed by atoms with Crippen molar-refractivity contribution >= 4 is 39.1 Å². The summed E-state index contributed by atoms with van der Waals surface area (Å²) < 4.78 is 1.02. The molecule has 21 heavy (non-hydrogen) atoms. The molecule has 2 aromatic carbocycles. The van der Waals surface area contributed by atoms with Crippen molar-refractivity contribution in [2.75, 3.05) is 18.5 Å². The topological polar surface area (TPSA) is 46.4 Å². The highest BCUT2D eigenvalue weighted by molar-refractivity contribution is 9.10. The second kappa shape index (κ2) is 6.95. The fourth-order valence-corrected chi connectivity index (χ4v) is 3.32. The molecular weight excluding hydrogens is 352 g/mol. The van der Waals surface area contributed by atoms with E-state index in [2.05, 4.69) is 39.9 Å². The van der Waals surface area contributed by atoms with E-state index < -0.39 is 0 Å². The first-order chi connectivity index (χ1) is 9.99. The van der Waals surface area contributed by atoms with Gasteiger partial charge in [0.25, 0.3) is 5.69 Å². The summed E-state index contributed by atoms with van der Waals surface area (Å²) in [7, 11) is 2.04. The van der Waals surface area contributed by atoms with E-state index in [0.29, 0.717) is 0 Å². The lowest BCUT2D eigenvalue weighted by atomic mass is 10.3. The standard InChI is InChI=1S/C15H15BrN2O2S/c1-3-17(2)13-8-11(16)9-15(10-13)21-14-6-4-12(5-7-14)18(19)20/h4-10H,3H2,1-2H3. The Hall–Kier alpha value is -1.53. The van der Waals surface area contributed by atoms with Gasteiger partial charge in [0.05, 0.1) is 4.92 Å². The van der Waals surface area contributed by atoms with Crippen molar-refractivity contribution in [1.29, 1.82) is 0 Å². The van der Waals surface area contributed by atoms with Gasteiger partial charge in [-0.1, -0.05) is 27.7 Å². The predicted octanol–water partition coefficient (Wildman–Crippen LogP) is 4.96. The second-order valence-corrected chi connectivity index (χ2v) is 6.57. The number of non-ortho nitro benzene ring substituents is 1. The van der Waals surface area contributed by atoms with E-state index in [1.807, 2.05) is 13.1 Å². The number of nitro benzene ring substituents is 1. The molecule has 2 aromatic rings. The highest BCUT2D eigenvalue weighted by Gasteiger charge is 2.07. The van der Waals surface area contributed by atoms with Gasteiger partial charge in [-0.05, 0) is 37.3 Å². The summed E-state index contributed by atoms with van der Waals surface area (Å²) in [5, 5.41) is 10.7. The van der Waals surface area contributed by atoms with Crippen LogP contribution in [-0.4, -0.2) is 18.5 Å². The van der Waals surface area contributed by atoms with Crippen molar-refractivity contribution in [2.45, 2.75) is 16.7 Å². The normalized spacial score (nSPS) is 10.4. The second-order valence-electron chi connectivity index (χ2n) is 4.51. The first-order valence-corrected chi connectivity index (χ1v) is 8.04. The van der Waals surface area contributed by atoms with E-state index in [0.717, 1.165) is 26.5 Å². The quantitative estimate of drug-likeness (QED) is 0.553. The highest BCUT2D eigenvalue weighted by Crippen LogP contribution is 2.33. The van der Waals surface area contributed by atoms with Crippen LogP contribution in [0.4, 0.5) is 11.4 Å². The van der Waals surface area contributed by atoms with E-state index in [-0.39, 0.29) is 10.6 Å². The van der Waals surface area contributed by atoms with Gasteiger partial charge in [0.1, 0.15) is 0 Å².